The van der Waals surface area contributed by atoms with E-state index in [-0.39, 0.29) is 0 Å². The highest BCUT2D eigenvalue weighted by atomic mass is 79.9. The summed E-state index contributed by atoms with van der Waals surface area (Å²) in [6, 6.07) is 3.63. The third-order valence-corrected chi connectivity index (χ3v) is 3.46. The van der Waals surface area contributed by atoms with Crippen molar-refractivity contribution in [2.75, 3.05) is 6.26 Å². The molecule has 13 heavy (non-hydrogen) atoms. The van der Waals surface area contributed by atoms with Gasteiger partial charge >= 0.3 is 0 Å². The predicted molar refractivity (Wildman–Crippen MR) is 58.5 cm³/mol. The summed E-state index contributed by atoms with van der Waals surface area (Å²) in [7, 11) is 0. The Kier molecular flexibility index (Phi) is 2.53. The Balaban J connectivity index is 2.76. The summed E-state index contributed by atoms with van der Waals surface area (Å²) >= 11 is 10.7. The highest BCUT2D eigenvalue weighted by Crippen LogP contribution is 2.33. The van der Waals surface area contributed by atoms with E-state index in [9.17, 15) is 0 Å². The van der Waals surface area contributed by atoms with Crippen LogP contribution in [0.2, 0.25) is 5.02 Å². The van der Waals surface area contributed by atoms with E-state index in [1.807, 2.05) is 12.3 Å². The molecule has 0 bridgehead atoms. The standard InChI is InChI=1S/C8H5BrClNOS/c1-13-8-11-5-3-2-4(10)6(9)7(5)12-8/h2-3H,1H3. The number of thioether (sulfide) groups is 1. The van der Waals surface area contributed by atoms with Gasteiger partial charge in [-0.15, -0.1) is 0 Å². The molecule has 0 aliphatic rings. The molecule has 2 rings (SSSR count). The number of hydrogen-bond acceptors (Lipinski definition) is 3. The van der Waals surface area contributed by atoms with Gasteiger partial charge in [0.1, 0.15) is 5.52 Å². The van der Waals surface area contributed by atoms with Crippen molar-refractivity contribution in [3.8, 4) is 0 Å². The van der Waals surface area contributed by atoms with Crippen molar-refractivity contribution in [1.82, 2.24) is 4.98 Å². The van der Waals surface area contributed by atoms with Crippen molar-refractivity contribution >= 4 is 50.4 Å². The molecule has 0 atom stereocenters. The van der Waals surface area contributed by atoms with Crippen molar-refractivity contribution in [2.45, 2.75) is 5.22 Å². The molecule has 1 aromatic heterocycles. The summed E-state index contributed by atoms with van der Waals surface area (Å²) in [5, 5.41) is 1.29. The van der Waals surface area contributed by atoms with Crippen LogP contribution in [-0.2, 0) is 0 Å². The fourth-order valence-corrected chi connectivity index (χ4v) is 1.92. The highest BCUT2D eigenvalue weighted by molar-refractivity contribution is 9.10. The molecule has 5 heteroatoms. The van der Waals surface area contributed by atoms with Crippen LogP contribution >= 0.6 is 39.3 Å². The van der Waals surface area contributed by atoms with Crippen molar-refractivity contribution in [1.29, 1.82) is 0 Å². The summed E-state index contributed by atoms with van der Waals surface area (Å²) < 4.78 is 6.21. The Morgan fingerprint density at radius 1 is 1.54 bits per heavy atom. The summed E-state index contributed by atoms with van der Waals surface area (Å²) in [5.41, 5.74) is 1.53. The molecule has 1 aromatic carbocycles. The third-order valence-electron chi connectivity index (χ3n) is 1.60. The minimum absolute atomic E-state index is 0.635. The molecule has 0 radical (unpaired) electrons. The summed E-state index contributed by atoms with van der Waals surface area (Å²) in [6.07, 6.45) is 1.92. The maximum absolute atomic E-state index is 5.90. The van der Waals surface area contributed by atoms with Gasteiger partial charge in [-0.2, -0.15) is 0 Å². The monoisotopic (exact) mass is 277 g/mol. The first-order chi connectivity index (χ1) is 6.22. The van der Waals surface area contributed by atoms with Gasteiger partial charge in [0.15, 0.2) is 5.58 Å². The van der Waals surface area contributed by atoms with Crippen LogP contribution in [0.5, 0.6) is 0 Å². The van der Waals surface area contributed by atoms with E-state index >= 15 is 0 Å². The van der Waals surface area contributed by atoms with Crippen LogP contribution in [0.15, 0.2) is 26.2 Å². The molecule has 0 amide bonds. The van der Waals surface area contributed by atoms with Gasteiger partial charge in [0, 0.05) is 0 Å². The number of benzene rings is 1. The van der Waals surface area contributed by atoms with Crippen molar-refractivity contribution in [3.05, 3.63) is 21.6 Å². The lowest BCUT2D eigenvalue weighted by Crippen LogP contribution is -1.71. The quantitative estimate of drug-likeness (QED) is 0.738. The van der Waals surface area contributed by atoms with Gasteiger partial charge in [-0.1, -0.05) is 23.4 Å². The van der Waals surface area contributed by atoms with E-state index < -0.39 is 0 Å². The average Bonchev–Trinajstić information content (AvgIpc) is 2.55. The lowest BCUT2D eigenvalue weighted by Gasteiger charge is -1.93. The molecule has 2 nitrogen and oxygen atoms in total. The third kappa shape index (κ3) is 1.58. The van der Waals surface area contributed by atoms with Crippen LogP contribution in [0.25, 0.3) is 11.1 Å². The second-order valence-corrected chi connectivity index (χ2v) is 4.35. The first-order valence-electron chi connectivity index (χ1n) is 3.51. The fraction of sp³-hybridized carbons (Fsp3) is 0.125. The zero-order valence-electron chi connectivity index (χ0n) is 6.67. The smallest absolute Gasteiger partial charge is 0.256 e. The van der Waals surface area contributed by atoms with Gasteiger partial charge < -0.3 is 4.42 Å². The maximum Gasteiger partial charge on any atom is 0.256 e. The molecule has 2 aromatic rings. The predicted octanol–water partition coefficient (Wildman–Crippen LogP) is 3.97. The first-order valence-corrected chi connectivity index (χ1v) is 5.90. The van der Waals surface area contributed by atoms with Crippen LogP contribution in [-0.4, -0.2) is 11.2 Å². The second kappa shape index (κ2) is 3.52. The van der Waals surface area contributed by atoms with Crippen molar-refractivity contribution < 1.29 is 4.42 Å². The Morgan fingerprint density at radius 3 is 3.00 bits per heavy atom. The molecular weight excluding hydrogens is 274 g/mol. The van der Waals surface area contributed by atoms with Crippen molar-refractivity contribution in [2.24, 2.45) is 0 Å². The van der Waals surface area contributed by atoms with Crippen LogP contribution in [0.4, 0.5) is 0 Å². The molecule has 68 valence electrons. The van der Waals surface area contributed by atoms with Crippen LogP contribution in [0.3, 0.4) is 0 Å². The van der Waals surface area contributed by atoms with E-state index in [2.05, 4.69) is 20.9 Å². The van der Waals surface area contributed by atoms with E-state index in [1.165, 1.54) is 11.8 Å². The molecular formula is C8H5BrClNOS. The molecule has 0 unspecified atom stereocenters. The summed E-state index contributed by atoms with van der Waals surface area (Å²) in [6.45, 7) is 0. The molecule has 0 N–H and O–H groups in total. The SMILES string of the molecule is CSc1nc2ccc(Cl)c(Br)c2o1. The lowest BCUT2D eigenvalue weighted by molar-refractivity contribution is 0.489. The molecule has 0 fully saturated rings. The Morgan fingerprint density at radius 2 is 2.31 bits per heavy atom. The number of fused-ring (bicyclic) bond motifs is 1. The largest absolute Gasteiger partial charge is 0.430 e. The molecule has 0 aliphatic carbocycles. The zero-order valence-corrected chi connectivity index (χ0v) is 9.83. The Labute approximate surface area is 92.8 Å². The molecule has 1 heterocycles. The minimum atomic E-state index is 0.635. The van der Waals surface area contributed by atoms with Crippen LogP contribution < -0.4 is 0 Å². The average molecular weight is 279 g/mol. The maximum atomic E-state index is 5.90. The van der Waals surface area contributed by atoms with Crippen LogP contribution in [0, 0.1) is 0 Å². The topological polar surface area (TPSA) is 26.0 Å². The van der Waals surface area contributed by atoms with E-state index in [4.69, 9.17) is 16.0 Å². The number of aromatic nitrogens is 1. The summed E-state index contributed by atoms with van der Waals surface area (Å²) in [4.78, 5) is 4.24. The first kappa shape index (κ1) is 9.37. The number of oxazole rings is 1. The van der Waals surface area contributed by atoms with E-state index in [1.54, 1.807) is 6.07 Å². The Bertz CT molecular complexity index is 457. The van der Waals surface area contributed by atoms with Crippen molar-refractivity contribution in [3.63, 3.8) is 0 Å². The lowest BCUT2D eigenvalue weighted by atomic mass is 10.3. The van der Waals surface area contributed by atoms with Gasteiger partial charge in [-0.25, -0.2) is 4.98 Å². The number of rotatable bonds is 1. The number of hydrogen-bond donors (Lipinski definition) is 0. The zero-order chi connectivity index (χ0) is 9.42. The molecule has 0 aliphatic heterocycles. The Hall–Kier alpha value is -0.190. The normalized spacial score (nSPS) is 11.0. The van der Waals surface area contributed by atoms with Gasteiger partial charge in [0.05, 0.1) is 9.50 Å². The second-order valence-electron chi connectivity index (χ2n) is 2.39. The molecule has 0 saturated heterocycles. The minimum Gasteiger partial charge on any atom is -0.430 e. The fourth-order valence-electron chi connectivity index (χ4n) is 1.00. The summed E-state index contributed by atoms with van der Waals surface area (Å²) in [5.74, 6) is 0. The van der Waals surface area contributed by atoms with Crippen LogP contribution in [0.1, 0.15) is 0 Å². The number of halogens is 2. The number of nitrogens with zero attached hydrogens (tertiary/aromatic N) is 1. The van der Waals surface area contributed by atoms with Gasteiger partial charge in [-0.3, -0.25) is 0 Å². The van der Waals surface area contributed by atoms with Gasteiger partial charge in [-0.05, 0) is 34.3 Å². The highest BCUT2D eigenvalue weighted by Gasteiger charge is 2.10. The molecule has 0 saturated carbocycles. The van der Waals surface area contributed by atoms with E-state index in [0.29, 0.717) is 15.8 Å². The van der Waals surface area contributed by atoms with Gasteiger partial charge in [0.2, 0.25) is 0 Å². The van der Waals surface area contributed by atoms with E-state index in [0.717, 1.165) is 9.99 Å². The van der Waals surface area contributed by atoms with Gasteiger partial charge in [0.25, 0.3) is 5.22 Å². The molecule has 0 spiro atoms.